The van der Waals surface area contributed by atoms with Gasteiger partial charge in [0, 0.05) is 0 Å². The van der Waals surface area contributed by atoms with Crippen LogP contribution in [0.1, 0.15) is 32.6 Å². The van der Waals surface area contributed by atoms with Crippen molar-refractivity contribution in [2.45, 2.75) is 38.7 Å². The summed E-state index contributed by atoms with van der Waals surface area (Å²) in [6.45, 7) is 2.28. The van der Waals surface area contributed by atoms with Crippen LogP contribution < -0.4 is 0 Å². The summed E-state index contributed by atoms with van der Waals surface area (Å²) in [6, 6.07) is 0.359. The Labute approximate surface area is 67.7 Å². The zero-order valence-electron chi connectivity index (χ0n) is 6.48. The fourth-order valence-electron chi connectivity index (χ4n) is 1.62. The maximum absolute atomic E-state index is 5.46. The summed E-state index contributed by atoms with van der Waals surface area (Å²) in [6.07, 6.45) is 5.52. The smallest absolute Gasteiger partial charge is 0.121 e. The molecule has 1 nitrogen and oxygen atoms in total. The molecule has 0 aromatic carbocycles. The van der Waals surface area contributed by atoms with Crippen LogP contribution in [-0.4, -0.2) is 12.2 Å². The van der Waals surface area contributed by atoms with Crippen LogP contribution in [0.3, 0.4) is 0 Å². The van der Waals surface area contributed by atoms with Gasteiger partial charge in [0.15, 0.2) is 0 Å². The number of alkyl halides is 1. The SMILES string of the molecule is CC1CCCC(OCCl)C1. The molecule has 1 saturated carbocycles. The molecule has 0 bridgehead atoms. The topological polar surface area (TPSA) is 9.23 Å². The van der Waals surface area contributed by atoms with E-state index in [2.05, 4.69) is 6.92 Å². The van der Waals surface area contributed by atoms with Gasteiger partial charge in [0.1, 0.15) is 6.07 Å². The average molecular weight is 163 g/mol. The lowest BCUT2D eigenvalue weighted by atomic mass is 9.89. The maximum Gasteiger partial charge on any atom is 0.121 e. The van der Waals surface area contributed by atoms with Crippen LogP contribution in [0.15, 0.2) is 0 Å². The van der Waals surface area contributed by atoms with Crippen molar-refractivity contribution in [1.29, 1.82) is 0 Å². The first-order valence-corrected chi connectivity index (χ1v) is 4.54. The van der Waals surface area contributed by atoms with E-state index in [0.717, 1.165) is 5.92 Å². The van der Waals surface area contributed by atoms with Crippen molar-refractivity contribution in [3.05, 3.63) is 0 Å². The van der Waals surface area contributed by atoms with Crippen molar-refractivity contribution in [2.24, 2.45) is 5.92 Å². The lowest BCUT2D eigenvalue weighted by molar-refractivity contribution is 0.0422. The highest BCUT2D eigenvalue weighted by Gasteiger charge is 2.18. The molecule has 1 aliphatic rings. The van der Waals surface area contributed by atoms with E-state index in [4.69, 9.17) is 16.3 Å². The van der Waals surface area contributed by atoms with E-state index < -0.39 is 0 Å². The number of hydrogen-bond acceptors (Lipinski definition) is 1. The Bertz CT molecular complexity index is 93.3. The second kappa shape index (κ2) is 4.20. The summed E-state index contributed by atoms with van der Waals surface area (Å²) in [7, 11) is 0. The van der Waals surface area contributed by atoms with Gasteiger partial charge in [0.2, 0.25) is 0 Å². The summed E-state index contributed by atoms with van der Waals surface area (Å²) in [5.41, 5.74) is 0. The molecule has 1 rings (SSSR count). The molecular weight excluding hydrogens is 148 g/mol. The Balaban J connectivity index is 2.18. The molecule has 2 atom stereocenters. The molecule has 0 heterocycles. The van der Waals surface area contributed by atoms with E-state index in [9.17, 15) is 0 Å². The van der Waals surface area contributed by atoms with Crippen LogP contribution in [0.5, 0.6) is 0 Å². The van der Waals surface area contributed by atoms with E-state index in [1.54, 1.807) is 0 Å². The van der Waals surface area contributed by atoms with Gasteiger partial charge in [0.25, 0.3) is 0 Å². The Morgan fingerprint density at radius 1 is 1.50 bits per heavy atom. The van der Waals surface area contributed by atoms with Crippen LogP contribution in [0.4, 0.5) is 0 Å². The minimum absolute atomic E-state index is 0.359. The second-order valence-electron chi connectivity index (χ2n) is 3.17. The monoisotopic (exact) mass is 162 g/mol. The first-order chi connectivity index (χ1) is 4.83. The van der Waals surface area contributed by atoms with Crippen LogP contribution in [0, 0.1) is 5.92 Å². The molecule has 0 N–H and O–H groups in total. The molecule has 2 heteroatoms. The normalized spacial score (nSPS) is 34.2. The van der Waals surface area contributed by atoms with Crippen molar-refractivity contribution < 1.29 is 4.74 Å². The Morgan fingerprint density at radius 2 is 2.30 bits per heavy atom. The molecule has 1 fully saturated rings. The van der Waals surface area contributed by atoms with Gasteiger partial charge in [-0.05, 0) is 18.8 Å². The molecule has 0 radical (unpaired) electrons. The summed E-state index contributed by atoms with van der Waals surface area (Å²) < 4.78 is 5.32. The minimum Gasteiger partial charge on any atom is -0.362 e. The standard InChI is InChI=1S/C8H15ClO/c1-7-3-2-4-8(5-7)10-6-9/h7-8H,2-6H2,1H3. The van der Waals surface area contributed by atoms with Crippen molar-refractivity contribution in [3.63, 3.8) is 0 Å². The molecule has 2 unspecified atom stereocenters. The van der Waals surface area contributed by atoms with E-state index in [-0.39, 0.29) is 0 Å². The fourth-order valence-corrected chi connectivity index (χ4v) is 1.80. The summed E-state index contributed by atoms with van der Waals surface area (Å²) in [5.74, 6) is 0.835. The number of rotatable bonds is 2. The largest absolute Gasteiger partial charge is 0.362 e. The van der Waals surface area contributed by atoms with Crippen LogP contribution in [-0.2, 0) is 4.74 Å². The third-order valence-electron chi connectivity index (χ3n) is 2.19. The summed E-state index contributed by atoms with van der Waals surface area (Å²) in [4.78, 5) is 0. The van der Waals surface area contributed by atoms with Gasteiger partial charge in [-0.15, -0.1) is 0 Å². The third-order valence-corrected chi connectivity index (χ3v) is 2.31. The summed E-state index contributed by atoms with van der Waals surface area (Å²) in [5, 5.41) is 0. The first-order valence-electron chi connectivity index (χ1n) is 4.00. The van der Waals surface area contributed by atoms with E-state index in [1.807, 2.05) is 0 Å². The fraction of sp³-hybridized carbons (Fsp3) is 1.00. The van der Waals surface area contributed by atoms with Crippen molar-refractivity contribution >= 4 is 11.6 Å². The quantitative estimate of drug-likeness (QED) is 0.568. The molecule has 60 valence electrons. The van der Waals surface area contributed by atoms with E-state index >= 15 is 0 Å². The highest BCUT2D eigenvalue weighted by atomic mass is 35.5. The molecule has 0 spiro atoms. The zero-order chi connectivity index (χ0) is 7.40. The van der Waals surface area contributed by atoms with Crippen molar-refractivity contribution in [2.75, 3.05) is 6.07 Å². The van der Waals surface area contributed by atoms with Gasteiger partial charge >= 0.3 is 0 Å². The third kappa shape index (κ3) is 2.47. The number of ether oxygens (including phenoxy) is 1. The van der Waals surface area contributed by atoms with Gasteiger partial charge in [-0.25, -0.2) is 0 Å². The minimum atomic E-state index is 0.359. The van der Waals surface area contributed by atoms with Gasteiger partial charge in [-0.1, -0.05) is 31.4 Å². The molecular formula is C8H15ClO. The molecule has 0 aromatic rings. The molecule has 1 aliphatic carbocycles. The highest BCUT2D eigenvalue weighted by molar-refractivity contribution is 6.17. The Kier molecular flexibility index (Phi) is 3.50. The van der Waals surface area contributed by atoms with E-state index in [1.165, 1.54) is 25.7 Å². The lowest BCUT2D eigenvalue weighted by Gasteiger charge is -2.25. The predicted molar refractivity (Wildman–Crippen MR) is 43.2 cm³/mol. The van der Waals surface area contributed by atoms with E-state index in [0.29, 0.717) is 12.2 Å². The second-order valence-corrected chi connectivity index (χ2v) is 3.39. The van der Waals surface area contributed by atoms with Crippen LogP contribution in [0.25, 0.3) is 0 Å². The lowest BCUT2D eigenvalue weighted by Crippen LogP contribution is -2.20. The van der Waals surface area contributed by atoms with Gasteiger partial charge in [-0.3, -0.25) is 0 Å². The molecule has 10 heavy (non-hydrogen) atoms. The molecule has 0 amide bonds. The molecule has 0 saturated heterocycles. The van der Waals surface area contributed by atoms with Gasteiger partial charge in [-0.2, -0.15) is 0 Å². The van der Waals surface area contributed by atoms with Crippen LogP contribution >= 0.6 is 11.6 Å². The average Bonchev–Trinajstić information content (AvgIpc) is 1.88. The Morgan fingerprint density at radius 3 is 2.90 bits per heavy atom. The predicted octanol–water partition coefficient (Wildman–Crippen LogP) is 2.78. The van der Waals surface area contributed by atoms with Gasteiger partial charge in [0.05, 0.1) is 6.10 Å². The number of halogens is 1. The Hall–Kier alpha value is 0.250. The van der Waals surface area contributed by atoms with Gasteiger partial charge < -0.3 is 4.74 Å². The van der Waals surface area contributed by atoms with Crippen molar-refractivity contribution in [1.82, 2.24) is 0 Å². The molecule has 0 aliphatic heterocycles. The van der Waals surface area contributed by atoms with Crippen LogP contribution in [0.2, 0.25) is 0 Å². The summed E-state index contributed by atoms with van der Waals surface area (Å²) >= 11 is 5.46. The number of hydrogen-bond donors (Lipinski definition) is 0. The zero-order valence-corrected chi connectivity index (χ0v) is 7.23. The highest BCUT2D eigenvalue weighted by Crippen LogP contribution is 2.25. The first kappa shape index (κ1) is 8.35. The maximum atomic E-state index is 5.46. The molecule has 0 aromatic heterocycles. The van der Waals surface area contributed by atoms with Crippen molar-refractivity contribution in [3.8, 4) is 0 Å².